The summed E-state index contributed by atoms with van der Waals surface area (Å²) in [6, 6.07) is 7.14. The fourth-order valence-corrected chi connectivity index (χ4v) is 1.16. The molecule has 1 aliphatic heterocycles. The molecule has 1 aromatic rings. The van der Waals surface area contributed by atoms with Gasteiger partial charge in [-0.1, -0.05) is 12.1 Å². The minimum Gasteiger partial charge on any atom is -0.423 e. The van der Waals surface area contributed by atoms with Crippen LogP contribution in [0.15, 0.2) is 24.3 Å². The first-order valence-corrected chi connectivity index (χ1v) is 3.84. The van der Waals surface area contributed by atoms with Crippen molar-refractivity contribution < 1.29 is 9.53 Å². The third-order valence-corrected chi connectivity index (χ3v) is 1.82. The summed E-state index contributed by atoms with van der Waals surface area (Å²) in [5, 5.41) is 3.04. The molecule has 2 rings (SSSR count). The van der Waals surface area contributed by atoms with Crippen LogP contribution in [-0.4, -0.2) is 12.0 Å². The standard InChI is InChI=1S/C9H9NO2/c1-6-9(11)12-8-5-3-2-4-7(8)10-6/h2-6,10H,1H3/t6-/m1/s1. The highest BCUT2D eigenvalue weighted by Crippen LogP contribution is 2.28. The molecule has 3 nitrogen and oxygen atoms in total. The maximum absolute atomic E-state index is 11.1. The molecule has 0 saturated heterocycles. The second-order valence-corrected chi connectivity index (χ2v) is 2.78. The highest BCUT2D eigenvalue weighted by Gasteiger charge is 2.22. The van der Waals surface area contributed by atoms with Gasteiger partial charge in [0.15, 0.2) is 5.75 Å². The molecule has 0 aromatic heterocycles. The lowest BCUT2D eigenvalue weighted by Gasteiger charge is -2.22. The van der Waals surface area contributed by atoms with E-state index in [9.17, 15) is 4.79 Å². The lowest BCUT2D eigenvalue weighted by atomic mass is 10.2. The number of para-hydroxylation sites is 2. The van der Waals surface area contributed by atoms with Crippen molar-refractivity contribution in [3.8, 4) is 5.75 Å². The van der Waals surface area contributed by atoms with Gasteiger partial charge in [0.25, 0.3) is 0 Å². The number of fused-ring (bicyclic) bond motifs is 1. The number of ether oxygens (including phenoxy) is 1. The topological polar surface area (TPSA) is 38.3 Å². The summed E-state index contributed by atoms with van der Waals surface area (Å²) >= 11 is 0. The van der Waals surface area contributed by atoms with Crippen LogP contribution >= 0.6 is 0 Å². The Balaban J connectivity index is 2.40. The average molecular weight is 163 g/mol. The number of esters is 1. The number of benzene rings is 1. The summed E-state index contributed by atoms with van der Waals surface area (Å²) in [7, 11) is 0. The summed E-state index contributed by atoms with van der Waals surface area (Å²) in [6.45, 7) is 1.78. The third-order valence-electron chi connectivity index (χ3n) is 1.82. The highest BCUT2D eigenvalue weighted by atomic mass is 16.5. The van der Waals surface area contributed by atoms with E-state index in [0.717, 1.165) is 5.69 Å². The van der Waals surface area contributed by atoms with Crippen molar-refractivity contribution in [2.24, 2.45) is 0 Å². The van der Waals surface area contributed by atoms with E-state index in [2.05, 4.69) is 5.32 Å². The van der Waals surface area contributed by atoms with Crippen LogP contribution < -0.4 is 10.1 Å². The van der Waals surface area contributed by atoms with Crippen LogP contribution in [0.3, 0.4) is 0 Å². The molecule has 0 radical (unpaired) electrons. The second-order valence-electron chi connectivity index (χ2n) is 2.78. The van der Waals surface area contributed by atoms with E-state index in [-0.39, 0.29) is 12.0 Å². The highest BCUT2D eigenvalue weighted by molar-refractivity contribution is 5.86. The van der Waals surface area contributed by atoms with Gasteiger partial charge in [0.05, 0.1) is 5.69 Å². The summed E-state index contributed by atoms with van der Waals surface area (Å²) in [5.74, 6) is 0.384. The molecule has 0 aliphatic carbocycles. The molecular weight excluding hydrogens is 154 g/mol. The van der Waals surface area contributed by atoms with Crippen molar-refractivity contribution in [3.63, 3.8) is 0 Å². The minimum absolute atomic E-state index is 0.228. The molecule has 0 spiro atoms. The van der Waals surface area contributed by atoms with Gasteiger partial charge in [0, 0.05) is 0 Å². The molecule has 0 saturated carbocycles. The van der Waals surface area contributed by atoms with Crippen molar-refractivity contribution in [2.45, 2.75) is 13.0 Å². The molecule has 1 aliphatic rings. The first-order chi connectivity index (χ1) is 5.77. The molecule has 0 fully saturated rings. The Morgan fingerprint density at radius 1 is 1.42 bits per heavy atom. The van der Waals surface area contributed by atoms with Crippen LogP contribution in [0.25, 0.3) is 0 Å². The zero-order valence-electron chi connectivity index (χ0n) is 6.70. The van der Waals surface area contributed by atoms with Crippen molar-refractivity contribution in [2.75, 3.05) is 5.32 Å². The molecule has 3 heteroatoms. The Bertz CT molecular complexity index is 322. The average Bonchev–Trinajstić information content (AvgIpc) is 2.07. The number of carbonyl (C=O) groups is 1. The Morgan fingerprint density at radius 3 is 3.00 bits per heavy atom. The zero-order chi connectivity index (χ0) is 8.55. The molecule has 12 heavy (non-hydrogen) atoms. The van der Waals surface area contributed by atoms with Crippen LogP contribution in [0.2, 0.25) is 0 Å². The Morgan fingerprint density at radius 2 is 2.17 bits per heavy atom. The van der Waals surface area contributed by atoms with E-state index in [1.165, 1.54) is 0 Å². The predicted molar refractivity (Wildman–Crippen MR) is 45.2 cm³/mol. The first-order valence-electron chi connectivity index (χ1n) is 3.84. The fraction of sp³-hybridized carbons (Fsp3) is 0.222. The smallest absolute Gasteiger partial charge is 0.333 e. The number of hydrogen-bond donors (Lipinski definition) is 1. The monoisotopic (exact) mass is 163 g/mol. The SMILES string of the molecule is C[C@H]1Nc2ccccc2OC1=O. The molecule has 62 valence electrons. The van der Waals surface area contributed by atoms with Gasteiger partial charge in [0.1, 0.15) is 6.04 Å². The number of hydrogen-bond acceptors (Lipinski definition) is 3. The zero-order valence-corrected chi connectivity index (χ0v) is 6.70. The van der Waals surface area contributed by atoms with Crippen LogP contribution in [0.5, 0.6) is 5.75 Å². The number of nitrogens with one attached hydrogen (secondary N) is 1. The quantitative estimate of drug-likeness (QED) is 0.464. The van der Waals surface area contributed by atoms with Gasteiger partial charge in [0.2, 0.25) is 0 Å². The Labute approximate surface area is 70.3 Å². The molecule has 1 heterocycles. The van der Waals surface area contributed by atoms with E-state index < -0.39 is 0 Å². The van der Waals surface area contributed by atoms with Gasteiger partial charge >= 0.3 is 5.97 Å². The van der Waals surface area contributed by atoms with Crippen LogP contribution in [0.4, 0.5) is 5.69 Å². The molecule has 1 aromatic carbocycles. The van der Waals surface area contributed by atoms with Crippen molar-refractivity contribution in [1.82, 2.24) is 0 Å². The molecule has 0 amide bonds. The number of anilines is 1. The molecule has 0 unspecified atom stereocenters. The molecule has 1 N–H and O–H groups in total. The van der Waals surface area contributed by atoms with Crippen molar-refractivity contribution in [1.29, 1.82) is 0 Å². The second kappa shape index (κ2) is 2.52. The summed E-state index contributed by atoms with van der Waals surface area (Å²) in [6.07, 6.45) is 0. The fourth-order valence-electron chi connectivity index (χ4n) is 1.16. The largest absolute Gasteiger partial charge is 0.423 e. The Hall–Kier alpha value is -1.51. The summed E-state index contributed by atoms with van der Waals surface area (Å²) in [4.78, 5) is 11.1. The minimum atomic E-state index is -0.250. The van der Waals surface area contributed by atoms with E-state index >= 15 is 0 Å². The third kappa shape index (κ3) is 1.03. The van der Waals surface area contributed by atoms with Gasteiger partial charge < -0.3 is 10.1 Å². The first kappa shape index (κ1) is 7.16. The summed E-state index contributed by atoms with van der Waals surface area (Å²) in [5.41, 5.74) is 0.879. The van der Waals surface area contributed by atoms with E-state index in [1.54, 1.807) is 13.0 Å². The maximum atomic E-state index is 11.1. The normalized spacial score (nSPS) is 20.8. The number of rotatable bonds is 0. The van der Waals surface area contributed by atoms with Crippen molar-refractivity contribution >= 4 is 11.7 Å². The number of carbonyl (C=O) groups excluding carboxylic acids is 1. The van der Waals surface area contributed by atoms with E-state index in [4.69, 9.17) is 4.74 Å². The van der Waals surface area contributed by atoms with E-state index in [1.807, 2.05) is 18.2 Å². The maximum Gasteiger partial charge on any atom is 0.333 e. The lowest BCUT2D eigenvalue weighted by molar-refractivity contribution is -0.135. The van der Waals surface area contributed by atoms with Gasteiger partial charge in [-0.15, -0.1) is 0 Å². The van der Waals surface area contributed by atoms with Gasteiger partial charge in [-0.25, -0.2) is 4.79 Å². The van der Waals surface area contributed by atoms with E-state index in [0.29, 0.717) is 5.75 Å². The van der Waals surface area contributed by atoms with Crippen LogP contribution in [-0.2, 0) is 4.79 Å². The molecular formula is C9H9NO2. The van der Waals surface area contributed by atoms with Gasteiger partial charge in [-0.2, -0.15) is 0 Å². The lowest BCUT2D eigenvalue weighted by Crippen LogP contribution is -2.34. The summed E-state index contributed by atoms with van der Waals surface area (Å²) < 4.78 is 5.04. The predicted octanol–water partition coefficient (Wildman–Crippen LogP) is 1.41. The van der Waals surface area contributed by atoms with Crippen molar-refractivity contribution in [3.05, 3.63) is 24.3 Å². The molecule has 0 bridgehead atoms. The molecule has 1 atom stereocenters. The van der Waals surface area contributed by atoms with Gasteiger partial charge in [-0.3, -0.25) is 0 Å². The Kier molecular flexibility index (Phi) is 1.50. The van der Waals surface area contributed by atoms with Crippen LogP contribution in [0, 0.1) is 0 Å². The van der Waals surface area contributed by atoms with Crippen LogP contribution in [0.1, 0.15) is 6.92 Å². The van der Waals surface area contributed by atoms with Gasteiger partial charge in [-0.05, 0) is 19.1 Å².